The number of fused-ring (bicyclic) bond motifs is 1. The molecule has 7 nitrogen and oxygen atoms in total. The Morgan fingerprint density at radius 1 is 1.09 bits per heavy atom. The number of rotatable bonds is 7. The Bertz CT molecular complexity index is 1210. The highest BCUT2D eigenvalue weighted by Crippen LogP contribution is 2.32. The fourth-order valence-corrected chi connectivity index (χ4v) is 6.32. The molecule has 0 radical (unpaired) electrons. The van der Waals surface area contributed by atoms with Gasteiger partial charge in [-0.1, -0.05) is 6.42 Å². The Morgan fingerprint density at radius 3 is 2.56 bits per heavy atom. The smallest absolute Gasteiger partial charge is 0.255 e. The summed E-state index contributed by atoms with van der Waals surface area (Å²) >= 11 is 1.48. The maximum atomic E-state index is 13.2. The third-order valence-electron chi connectivity index (χ3n) is 5.87. The predicted octanol–water partition coefficient (Wildman–Crippen LogP) is 4.57. The standard InChI is InChI=1S/C23H28N4O3S2/c1-3-26(4-2)21-11-9-18(32(29,30)27-12-6-5-7-13-27)15-20(21)25-23(28)17-8-10-19-22(14-17)31-16-24-19/h8-11,14-16H,3-7,12-13H2,1-2H3,(H,25,28). The van der Waals surface area contributed by atoms with Crippen LogP contribution >= 0.6 is 11.3 Å². The maximum absolute atomic E-state index is 13.2. The second-order valence-corrected chi connectivity index (χ2v) is 10.6. The molecule has 0 atom stereocenters. The molecule has 1 amide bonds. The zero-order chi connectivity index (χ0) is 22.7. The molecule has 1 aliphatic rings. The van der Waals surface area contributed by atoms with E-state index >= 15 is 0 Å². The quantitative estimate of drug-likeness (QED) is 0.545. The van der Waals surface area contributed by atoms with Crippen molar-refractivity contribution in [3.8, 4) is 0 Å². The van der Waals surface area contributed by atoms with E-state index in [2.05, 4.69) is 15.2 Å². The molecule has 1 N–H and O–H groups in total. The van der Waals surface area contributed by atoms with Gasteiger partial charge in [-0.3, -0.25) is 4.79 Å². The van der Waals surface area contributed by atoms with Crippen LogP contribution in [0.4, 0.5) is 11.4 Å². The molecular weight excluding hydrogens is 444 g/mol. The zero-order valence-electron chi connectivity index (χ0n) is 18.4. The van der Waals surface area contributed by atoms with E-state index in [1.54, 1.807) is 34.1 Å². The molecule has 0 saturated carbocycles. The van der Waals surface area contributed by atoms with Gasteiger partial charge in [-0.15, -0.1) is 11.3 Å². The number of piperidine rings is 1. The molecule has 1 aliphatic heterocycles. The fourth-order valence-electron chi connectivity index (χ4n) is 4.06. The lowest BCUT2D eigenvalue weighted by molar-refractivity contribution is 0.102. The van der Waals surface area contributed by atoms with Gasteiger partial charge < -0.3 is 10.2 Å². The average molecular weight is 473 g/mol. The Morgan fingerprint density at radius 2 is 1.84 bits per heavy atom. The van der Waals surface area contributed by atoms with E-state index in [1.165, 1.54) is 11.3 Å². The van der Waals surface area contributed by atoms with E-state index in [-0.39, 0.29) is 10.8 Å². The number of carbonyl (C=O) groups excluding carboxylic acids is 1. The van der Waals surface area contributed by atoms with Crippen LogP contribution in [0.2, 0.25) is 0 Å². The molecule has 0 aliphatic carbocycles. The summed E-state index contributed by atoms with van der Waals surface area (Å²) in [7, 11) is -3.61. The van der Waals surface area contributed by atoms with Crippen LogP contribution in [-0.2, 0) is 10.0 Å². The number of hydrogen-bond donors (Lipinski definition) is 1. The van der Waals surface area contributed by atoms with Crippen molar-refractivity contribution in [3.63, 3.8) is 0 Å². The second-order valence-electron chi connectivity index (χ2n) is 7.80. The van der Waals surface area contributed by atoms with Gasteiger partial charge in [-0.25, -0.2) is 13.4 Å². The summed E-state index contributed by atoms with van der Waals surface area (Å²) in [5, 5.41) is 2.97. The zero-order valence-corrected chi connectivity index (χ0v) is 20.0. The van der Waals surface area contributed by atoms with Crippen LogP contribution in [-0.4, -0.2) is 49.8 Å². The molecule has 1 saturated heterocycles. The van der Waals surface area contributed by atoms with E-state index in [4.69, 9.17) is 0 Å². The number of aromatic nitrogens is 1. The normalized spacial score (nSPS) is 15.1. The monoisotopic (exact) mass is 472 g/mol. The predicted molar refractivity (Wildman–Crippen MR) is 130 cm³/mol. The van der Waals surface area contributed by atoms with E-state index in [1.807, 2.05) is 26.0 Å². The third kappa shape index (κ3) is 4.51. The van der Waals surface area contributed by atoms with Crippen LogP contribution in [0.5, 0.6) is 0 Å². The second kappa shape index (κ2) is 9.56. The molecule has 32 heavy (non-hydrogen) atoms. The molecular formula is C23H28N4O3S2. The first-order valence-electron chi connectivity index (χ1n) is 11.0. The summed E-state index contributed by atoms with van der Waals surface area (Å²) in [5.74, 6) is -0.277. The molecule has 9 heteroatoms. The minimum absolute atomic E-state index is 0.212. The molecule has 1 aromatic heterocycles. The van der Waals surface area contributed by atoms with Crippen LogP contribution < -0.4 is 10.2 Å². The third-order valence-corrected chi connectivity index (χ3v) is 8.55. The molecule has 1 fully saturated rings. The number of sulfonamides is 1. The van der Waals surface area contributed by atoms with Crippen molar-refractivity contribution in [1.82, 2.24) is 9.29 Å². The Kier molecular flexibility index (Phi) is 6.78. The lowest BCUT2D eigenvalue weighted by Gasteiger charge is -2.28. The summed E-state index contributed by atoms with van der Waals surface area (Å²) in [5.41, 5.74) is 4.42. The first-order valence-corrected chi connectivity index (χ1v) is 13.3. The lowest BCUT2D eigenvalue weighted by atomic mass is 10.2. The Labute approximate surface area is 193 Å². The summed E-state index contributed by atoms with van der Waals surface area (Å²) in [6.45, 7) is 6.62. The molecule has 2 heterocycles. The van der Waals surface area contributed by atoms with Crippen molar-refractivity contribution in [2.24, 2.45) is 0 Å². The molecule has 0 spiro atoms. The van der Waals surface area contributed by atoms with E-state index < -0.39 is 10.0 Å². The highest BCUT2D eigenvalue weighted by atomic mass is 32.2. The Balaban J connectivity index is 1.70. The summed E-state index contributed by atoms with van der Waals surface area (Å²) in [6, 6.07) is 10.4. The number of carbonyl (C=O) groups is 1. The fraction of sp³-hybridized carbons (Fsp3) is 0.391. The number of benzene rings is 2. The summed E-state index contributed by atoms with van der Waals surface area (Å²) in [4.78, 5) is 19.7. The number of nitrogens with one attached hydrogen (secondary N) is 1. The molecule has 170 valence electrons. The highest BCUT2D eigenvalue weighted by molar-refractivity contribution is 7.89. The van der Waals surface area contributed by atoms with E-state index in [0.29, 0.717) is 24.3 Å². The van der Waals surface area contributed by atoms with Crippen LogP contribution in [0.15, 0.2) is 46.8 Å². The number of amides is 1. The molecule has 3 aromatic rings. The van der Waals surface area contributed by atoms with Gasteiger partial charge in [0.1, 0.15) is 0 Å². The van der Waals surface area contributed by atoms with Crippen molar-refractivity contribution < 1.29 is 13.2 Å². The van der Waals surface area contributed by atoms with Gasteiger partial charge in [0.2, 0.25) is 10.0 Å². The Hall–Kier alpha value is -2.49. The van der Waals surface area contributed by atoms with Gasteiger partial charge in [0.05, 0.1) is 32.0 Å². The molecule has 0 bridgehead atoms. The molecule has 0 unspecified atom stereocenters. The van der Waals surface area contributed by atoms with Crippen LogP contribution in [0.1, 0.15) is 43.5 Å². The number of nitrogens with zero attached hydrogens (tertiary/aromatic N) is 3. The van der Waals surface area contributed by atoms with Gasteiger partial charge in [0.15, 0.2) is 0 Å². The van der Waals surface area contributed by atoms with Crippen molar-refractivity contribution in [1.29, 1.82) is 0 Å². The molecule has 4 rings (SSSR count). The summed E-state index contributed by atoms with van der Waals surface area (Å²) < 4.78 is 28.9. The van der Waals surface area contributed by atoms with E-state index in [0.717, 1.165) is 48.3 Å². The van der Waals surface area contributed by atoms with Gasteiger partial charge in [-0.05, 0) is 63.1 Å². The minimum Gasteiger partial charge on any atom is -0.370 e. The van der Waals surface area contributed by atoms with Crippen molar-refractivity contribution >= 4 is 48.9 Å². The topological polar surface area (TPSA) is 82.6 Å². The first-order chi connectivity index (χ1) is 15.4. The van der Waals surface area contributed by atoms with E-state index in [9.17, 15) is 13.2 Å². The van der Waals surface area contributed by atoms with Gasteiger partial charge in [-0.2, -0.15) is 4.31 Å². The number of anilines is 2. The van der Waals surface area contributed by atoms with Crippen molar-refractivity contribution in [2.45, 2.75) is 38.0 Å². The average Bonchev–Trinajstić information content (AvgIpc) is 3.29. The largest absolute Gasteiger partial charge is 0.370 e. The van der Waals surface area contributed by atoms with Crippen LogP contribution in [0.25, 0.3) is 10.2 Å². The van der Waals surface area contributed by atoms with Gasteiger partial charge in [0.25, 0.3) is 5.91 Å². The van der Waals surface area contributed by atoms with Crippen LogP contribution in [0, 0.1) is 0 Å². The van der Waals surface area contributed by atoms with Gasteiger partial charge >= 0.3 is 0 Å². The van der Waals surface area contributed by atoms with Crippen LogP contribution in [0.3, 0.4) is 0 Å². The minimum atomic E-state index is -3.61. The van der Waals surface area contributed by atoms with Crippen molar-refractivity contribution in [2.75, 3.05) is 36.4 Å². The van der Waals surface area contributed by atoms with Crippen molar-refractivity contribution in [3.05, 3.63) is 47.5 Å². The SMILES string of the molecule is CCN(CC)c1ccc(S(=O)(=O)N2CCCCC2)cc1NC(=O)c1ccc2ncsc2c1. The first kappa shape index (κ1) is 22.7. The number of hydrogen-bond acceptors (Lipinski definition) is 6. The number of thiazole rings is 1. The lowest BCUT2D eigenvalue weighted by Crippen LogP contribution is -2.35. The summed E-state index contributed by atoms with van der Waals surface area (Å²) in [6.07, 6.45) is 2.80. The van der Waals surface area contributed by atoms with Gasteiger partial charge in [0, 0.05) is 31.7 Å². The maximum Gasteiger partial charge on any atom is 0.255 e. The highest BCUT2D eigenvalue weighted by Gasteiger charge is 2.27. The molecule has 2 aromatic carbocycles.